The summed E-state index contributed by atoms with van der Waals surface area (Å²) in [6.07, 6.45) is -1.06. The molecule has 2 aromatic rings. The molecule has 0 saturated heterocycles. The molecule has 2 atom stereocenters. The number of aliphatic hydroxyl groups excluding tert-OH is 1. The predicted octanol–water partition coefficient (Wildman–Crippen LogP) is 1.80. The van der Waals surface area contributed by atoms with Crippen molar-refractivity contribution in [2.75, 3.05) is 5.75 Å². The quantitative estimate of drug-likeness (QED) is 0.646. The molecule has 3 N–H and O–H groups in total. The highest BCUT2D eigenvalue weighted by atomic mass is 32.2. The lowest BCUT2D eigenvalue weighted by molar-refractivity contribution is 0.205. The number of hydrogen-bond acceptors (Lipinski definition) is 3. The lowest BCUT2D eigenvalue weighted by Crippen LogP contribution is -2.32. The third kappa shape index (κ3) is 3.81. The first kappa shape index (κ1) is 14.1. The summed E-state index contributed by atoms with van der Waals surface area (Å²) in [5.41, 5.74) is 7.28. The molecule has 0 bridgehead atoms. The minimum Gasteiger partial charge on any atom is -0.615 e. The van der Waals surface area contributed by atoms with E-state index in [0.29, 0.717) is 0 Å². The predicted molar refractivity (Wildman–Crippen MR) is 77.9 cm³/mol. The Labute approximate surface area is 116 Å². The van der Waals surface area contributed by atoms with Crippen LogP contribution in [0.5, 0.6) is 0 Å². The fourth-order valence-corrected chi connectivity index (χ4v) is 3.47. The summed E-state index contributed by atoms with van der Waals surface area (Å²) in [6, 6.07) is 19.3. The van der Waals surface area contributed by atoms with Crippen molar-refractivity contribution >= 4 is 11.2 Å². The van der Waals surface area contributed by atoms with Gasteiger partial charge in [-0.3, -0.25) is 0 Å². The van der Waals surface area contributed by atoms with Gasteiger partial charge >= 0.3 is 0 Å². The zero-order valence-electron chi connectivity index (χ0n) is 10.5. The van der Waals surface area contributed by atoms with Crippen molar-refractivity contribution in [2.45, 2.75) is 11.5 Å². The fourth-order valence-electron chi connectivity index (χ4n) is 2.02. The minimum atomic E-state index is -1.26. The van der Waals surface area contributed by atoms with E-state index in [4.69, 9.17) is 5.73 Å². The van der Waals surface area contributed by atoms with Crippen LogP contribution in [-0.4, -0.2) is 21.6 Å². The van der Waals surface area contributed by atoms with Crippen LogP contribution in [0, 0.1) is 0 Å². The molecule has 0 aliphatic carbocycles. The van der Waals surface area contributed by atoms with Crippen molar-refractivity contribution in [3.05, 3.63) is 71.8 Å². The standard InChI is InChI=1S/C15H17NO2S/c16-14(17)11-19(18)15(12-7-3-1-4-8-12)13-9-5-2-6-10-13/h1-10,14-15,17H,11,16H2. The van der Waals surface area contributed by atoms with E-state index < -0.39 is 17.4 Å². The molecule has 0 heterocycles. The van der Waals surface area contributed by atoms with Crippen LogP contribution in [-0.2, 0) is 11.2 Å². The van der Waals surface area contributed by atoms with Crippen LogP contribution in [0.15, 0.2) is 60.7 Å². The van der Waals surface area contributed by atoms with Gasteiger partial charge in [0.1, 0.15) is 12.0 Å². The number of nitrogens with two attached hydrogens (primary N) is 1. The molecule has 0 aliphatic heterocycles. The molecule has 0 aromatic heterocycles. The molecule has 0 fully saturated rings. The van der Waals surface area contributed by atoms with Crippen LogP contribution in [0.3, 0.4) is 0 Å². The molecule has 3 nitrogen and oxygen atoms in total. The molecule has 0 radical (unpaired) electrons. The molecular formula is C15H17NO2S. The van der Waals surface area contributed by atoms with Crippen LogP contribution in [0.25, 0.3) is 0 Å². The minimum absolute atomic E-state index is 0.0639. The van der Waals surface area contributed by atoms with E-state index in [0.717, 1.165) is 11.1 Å². The zero-order valence-corrected chi connectivity index (χ0v) is 11.3. The number of rotatable bonds is 5. The average molecular weight is 275 g/mol. The lowest BCUT2D eigenvalue weighted by Gasteiger charge is -2.23. The van der Waals surface area contributed by atoms with Crippen LogP contribution >= 0.6 is 0 Å². The maximum absolute atomic E-state index is 12.4. The van der Waals surface area contributed by atoms with E-state index in [1.807, 2.05) is 60.7 Å². The summed E-state index contributed by atoms with van der Waals surface area (Å²) >= 11 is -1.26. The van der Waals surface area contributed by atoms with Crippen molar-refractivity contribution in [1.29, 1.82) is 0 Å². The molecule has 0 aliphatic rings. The van der Waals surface area contributed by atoms with Crippen LogP contribution < -0.4 is 5.73 Å². The van der Waals surface area contributed by atoms with Crippen molar-refractivity contribution < 1.29 is 9.66 Å². The second-order valence-electron chi connectivity index (χ2n) is 4.32. The van der Waals surface area contributed by atoms with Gasteiger partial charge in [-0.05, 0) is 11.2 Å². The highest BCUT2D eigenvalue weighted by Crippen LogP contribution is 2.30. The maximum atomic E-state index is 12.4. The Morgan fingerprint density at radius 1 is 0.947 bits per heavy atom. The second-order valence-corrected chi connectivity index (χ2v) is 5.88. The zero-order chi connectivity index (χ0) is 13.7. The van der Waals surface area contributed by atoms with Gasteiger partial charge in [0.15, 0.2) is 5.25 Å². The molecule has 2 aromatic carbocycles. The number of benzene rings is 2. The highest BCUT2D eigenvalue weighted by molar-refractivity contribution is 7.91. The van der Waals surface area contributed by atoms with Crippen molar-refractivity contribution in [1.82, 2.24) is 0 Å². The van der Waals surface area contributed by atoms with Gasteiger partial charge in [0, 0.05) is 11.1 Å². The number of hydrogen-bond donors (Lipinski definition) is 2. The SMILES string of the molecule is NC(O)C[S+]([O-])C(c1ccccc1)c1ccccc1. The van der Waals surface area contributed by atoms with Crippen LogP contribution in [0.4, 0.5) is 0 Å². The second kappa shape index (κ2) is 6.73. The molecule has 2 rings (SSSR count). The van der Waals surface area contributed by atoms with E-state index in [9.17, 15) is 9.66 Å². The third-order valence-corrected chi connectivity index (χ3v) is 4.54. The summed E-state index contributed by atoms with van der Waals surface area (Å²) in [7, 11) is 0. The first-order chi connectivity index (χ1) is 9.18. The highest BCUT2D eigenvalue weighted by Gasteiger charge is 2.27. The van der Waals surface area contributed by atoms with Gasteiger partial charge in [0.25, 0.3) is 0 Å². The topological polar surface area (TPSA) is 69.3 Å². The van der Waals surface area contributed by atoms with Crippen molar-refractivity contribution in [3.63, 3.8) is 0 Å². The largest absolute Gasteiger partial charge is 0.615 e. The Hall–Kier alpha value is -1.33. The molecule has 19 heavy (non-hydrogen) atoms. The van der Waals surface area contributed by atoms with Crippen molar-refractivity contribution in [2.24, 2.45) is 5.73 Å². The van der Waals surface area contributed by atoms with E-state index >= 15 is 0 Å². The number of aliphatic hydroxyl groups is 1. The third-order valence-electron chi connectivity index (χ3n) is 2.80. The van der Waals surface area contributed by atoms with Gasteiger partial charge in [-0.2, -0.15) is 0 Å². The molecule has 2 unspecified atom stereocenters. The van der Waals surface area contributed by atoms with Gasteiger partial charge < -0.3 is 15.4 Å². The summed E-state index contributed by atoms with van der Waals surface area (Å²) < 4.78 is 12.4. The van der Waals surface area contributed by atoms with Gasteiger partial charge in [-0.15, -0.1) is 0 Å². The van der Waals surface area contributed by atoms with E-state index in [-0.39, 0.29) is 11.0 Å². The molecule has 4 heteroatoms. The van der Waals surface area contributed by atoms with Crippen molar-refractivity contribution in [3.8, 4) is 0 Å². The Bertz CT molecular complexity index is 451. The normalized spacial score (nSPS) is 14.3. The van der Waals surface area contributed by atoms with Crippen LogP contribution in [0.2, 0.25) is 0 Å². The van der Waals surface area contributed by atoms with Gasteiger partial charge in [-0.25, -0.2) is 0 Å². The molecule has 0 saturated carbocycles. The summed E-state index contributed by atoms with van der Waals surface area (Å²) in [6.45, 7) is 0. The molecule has 0 amide bonds. The Kier molecular flexibility index (Phi) is 4.99. The Morgan fingerprint density at radius 2 is 1.37 bits per heavy atom. The molecule has 0 spiro atoms. The first-order valence-electron chi connectivity index (χ1n) is 6.09. The summed E-state index contributed by atoms with van der Waals surface area (Å²) in [5.74, 6) is 0.0639. The lowest BCUT2D eigenvalue weighted by atomic mass is 10.0. The average Bonchev–Trinajstić information content (AvgIpc) is 2.40. The first-order valence-corrected chi connectivity index (χ1v) is 7.47. The Morgan fingerprint density at radius 3 is 1.74 bits per heavy atom. The van der Waals surface area contributed by atoms with E-state index in [1.165, 1.54) is 0 Å². The molecule has 100 valence electrons. The summed E-state index contributed by atoms with van der Waals surface area (Å²) in [5, 5.41) is 8.99. The van der Waals surface area contributed by atoms with Crippen LogP contribution in [0.1, 0.15) is 16.4 Å². The maximum Gasteiger partial charge on any atom is 0.165 e. The van der Waals surface area contributed by atoms with Gasteiger partial charge in [-0.1, -0.05) is 60.7 Å². The fraction of sp³-hybridized carbons (Fsp3) is 0.200. The van der Waals surface area contributed by atoms with E-state index in [2.05, 4.69) is 0 Å². The van der Waals surface area contributed by atoms with Gasteiger partial charge in [0.2, 0.25) is 0 Å². The molecular weight excluding hydrogens is 258 g/mol. The Balaban J connectivity index is 2.34. The smallest absolute Gasteiger partial charge is 0.165 e. The van der Waals surface area contributed by atoms with Gasteiger partial charge in [0.05, 0.1) is 0 Å². The monoisotopic (exact) mass is 275 g/mol. The van der Waals surface area contributed by atoms with E-state index in [1.54, 1.807) is 0 Å². The summed E-state index contributed by atoms with van der Waals surface area (Å²) in [4.78, 5) is 0.